The fraction of sp³-hybridized carbons (Fsp3) is 0.400. The molecule has 3 aliphatic rings. The van der Waals surface area contributed by atoms with Gasteiger partial charge in [-0.15, -0.1) is 0 Å². The van der Waals surface area contributed by atoms with Gasteiger partial charge in [-0.2, -0.15) is 0 Å². The Morgan fingerprint density at radius 1 is 0.962 bits per heavy atom. The van der Waals surface area contributed by atoms with Crippen LogP contribution in [0.2, 0.25) is 10.0 Å². The topological polar surface area (TPSA) is 109 Å². The summed E-state index contributed by atoms with van der Waals surface area (Å²) in [5.41, 5.74) is 7.84. The van der Waals surface area contributed by atoms with Gasteiger partial charge in [0.25, 0.3) is 0 Å². The summed E-state index contributed by atoms with van der Waals surface area (Å²) in [6.45, 7) is 6.66. The monoisotopic (exact) mass is 742 g/mol. The van der Waals surface area contributed by atoms with E-state index in [4.69, 9.17) is 42.6 Å². The van der Waals surface area contributed by atoms with E-state index in [1.807, 2.05) is 47.4 Å². The Kier molecular flexibility index (Phi) is 11.0. The number of halogens is 2. The number of nitrogens with one attached hydrogen (secondary N) is 2. The van der Waals surface area contributed by atoms with Gasteiger partial charge in [-0.1, -0.05) is 47.5 Å². The number of nitrogens with zero attached hydrogens (tertiary/aromatic N) is 4. The minimum atomic E-state index is -0.0647. The average Bonchev–Trinajstić information content (AvgIpc) is 3.58. The SMILES string of the molecule is COc1cc(-c2nccc(-c3cccc(-c4ccc(CN[C@@H]5CCC(=O)N5)c(OC)n4)c3Cl)c2Cl)cc2c1CN(CC1CCN(C(C)=O)CC1)CC2. The number of fused-ring (bicyclic) bond motifs is 1. The molecule has 272 valence electrons. The zero-order chi connectivity index (χ0) is 36.4. The Balaban J connectivity index is 1.11. The van der Waals surface area contributed by atoms with Gasteiger partial charge in [-0.25, -0.2) is 4.98 Å². The summed E-state index contributed by atoms with van der Waals surface area (Å²) in [5.74, 6) is 2.13. The molecule has 3 aliphatic heterocycles. The molecule has 0 saturated carbocycles. The third-order valence-electron chi connectivity index (χ3n) is 10.6. The Morgan fingerprint density at radius 3 is 2.48 bits per heavy atom. The molecular weight excluding hydrogens is 699 g/mol. The Bertz CT molecular complexity index is 1960. The van der Waals surface area contributed by atoms with Crippen LogP contribution in [0.5, 0.6) is 11.6 Å². The predicted octanol–water partition coefficient (Wildman–Crippen LogP) is 6.74. The summed E-state index contributed by atoms with van der Waals surface area (Å²) in [6, 6.07) is 15.8. The summed E-state index contributed by atoms with van der Waals surface area (Å²) in [4.78, 5) is 37.4. The lowest BCUT2D eigenvalue weighted by Gasteiger charge is -2.36. The molecule has 0 spiro atoms. The molecule has 1 atom stereocenters. The molecule has 0 bridgehead atoms. The van der Waals surface area contributed by atoms with Crippen LogP contribution in [0.15, 0.2) is 54.7 Å². The van der Waals surface area contributed by atoms with Crippen molar-refractivity contribution in [2.24, 2.45) is 5.92 Å². The lowest BCUT2D eigenvalue weighted by atomic mass is 9.91. The fourth-order valence-corrected chi connectivity index (χ4v) is 8.33. The largest absolute Gasteiger partial charge is 0.496 e. The van der Waals surface area contributed by atoms with Gasteiger partial charge in [0.2, 0.25) is 17.7 Å². The highest BCUT2D eigenvalue weighted by molar-refractivity contribution is 6.39. The van der Waals surface area contributed by atoms with Crippen LogP contribution < -0.4 is 20.1 Å². The highest BCUT2D eigenvalue weighted by Crippen LogP contribution is 2.43. The fourth-order valence-electron chi connectivity index (χ4n) is 7.68. The molecule has 2 aromatic heterocycles. The number of likely N-dealkylation sites (tertiary alicyclic amines) is 1. The number of carbonyl (C=O) groups is 2. The van der Waals surface area contributed by atoms with E-state index in [0.29, 0.717) is 46.2 Å². The molecule has 0 aliphatic carbocycles. The minimum absolute atomic E-state index is 0.0546. The average molecular weight is 744 g/mol. The van der Waals surface area contributed by atoms with Crippen LogP contribution in [-0.2, 0) is 29.1 Å². The van der Waals surface area contributed by atoms with Crippen LogP contribution in [-0.4, -0.2) is 78.1 Å². The van der Waals surface area contributed by atoms with Crippen molar-refractivity contribution in [3.63, 3.8) is 0 Å². The van der Waals surface area contributed by atoms with Gasteiger partial charge in [0.1, 0.15) is 5.75 Å². The lowest BCUT2D eigenvalue weighted by Crippen LogP contribution is -2.41. The highest BCUT2D eigenvalue weighted by atomic mass is 35.5. The second kappa shape index (κ2) is 15.8. The van der Waals surface area contributed by atoms with Crippen molar-refractivity contribution in [3.05, 3.63) is 81.5 Å². The third-order valence-corrected chi connectivity index (χ3v) is 11.4. The summed E-state index contributed by atoms with van der Waals surface area (Å²) >= 11 is 14.3. The van der Waals surface area contributed by atoms with Gasteiger partial charge >= 0.3 is 0 Å². The number of rotatable bonds is 10. The quantitative estimate of drug-likeness (QED) is 0.184. The van der Waals surface area contributed by atoms with Crippen molar-refractivity contribution in [1.29, 1.82) is 0 Å². The van der Waals surface area contributed by atoms with E-state index in [2.05, 4.69) is 21.6 Å². The molecule has 0 unspecified atom stereocenters. The minimum Gasteiger partial charge on any atom is -0.496 e. The molecule has 0 radical (unpaired) electrons. The maximum atomic E-state index is 11.8. The van der Waals surface area contributed by atoms with Crippen LogP contribution in [0, 0.1) is 5.92 Å². The number of methoxy groups -OCH3 is 2. The van der Waals surface area contributed by atoms with Crippen LogP contribution >= 0.6 is 23.2 Å². The number of carbonyl (C=O) groups excluding carboxylic acids is 2. The molecule has 12 heteroatoms. The molecule has 52 heavy (non-hydrogen) atoms. The number of piperidine rings is 1. The summed E-state index contributed by atoms with van der Waals surface area (Å²) in [7, 11) is 3.31. The second-order valence-electron chi connectivity index (χ2n) is 13.8. The molecule has 2 amide bonds. The van der Waals surface area contributed by atoms with Gasteiger partial charge in [0, 0.05) is 92.2 Å². The summed E-state index contributed by atoms with van der Waals surface area (Å²) in [5, 5.41) is 7.30. The van der Waals surface area contributed by atoms with Crippen LogP contribution in [0.4, 0.5) is 0 Å². The van der Waals surface area contributed by atoms with Crippen molar-refractivity contribution in [3.8, 4) is 45.3 Å². The molecule has 2 aromatic carbocycles. The van der Waals surface area contributed by atoms with Crippen molar-refractivity contribution < 1.29 is 19.1 Å². The van der Waals surface area contributed by atoms with E-state index in [-0.39, 0.29) is 18.0 Å². The maximum absolute atomic E-state index is 11.8. The third kappa shape index (κ3) is 7.62. The van der Waals surface area contributed by atoms with E-state index in [9.17, 15) is 9.59 Å². The van der Waals surface area contributed by atoms with E-state index in [0.717, 1.165) is 92.0 Å². The smallest absolute Gasteiger partial charge is 0.221 e. The Morgan fingerprint density at radius 2 is 1.75 bits per heavy atom. The number of pyridine rings is 2. The van der Waals surface area contributed by atoms with Crippen molar-refractivity contribution >= 4 is 35.0 Å². The van der Waals surface area contributed by atoms with Crippen LogP contribution in [0.3, 0.4) is 0 Å². The molecule has 7 rings (SSSR count). The van der Waals surface area contributed by atoms with E-state index in [1.165, 1.54) is 11.1 Å². The Hall–Kier alpha value is -4.22. The predicted molar refractivity (Wildman–Crippen MR) is 203 cm³/mol. The maximum Gasteiger partial charge on any atom is 0.221 e. The number of benzene rings is 2. The first kappa shape index (κ1) is 36.2. The second-order valence-corrected chi connectivity index (χ2v) is 14.6. The lowest BCUT2D eigenvalue weighted by molar-refractivity contribution is -0.130. The van der Waals surface area contributed by atoms with Crippen LogP contribution in [0.1, 0.15) is 49.3 Å². The zero-order valence-electron chi connectivity index (χ0n) is 29.8. The van der Waals surface area contributed by atoms with Crippen molar-refractivity contribution in [2.45, 2.75) is 58.3 Å². The number of hydrogen-bond donors (Lipinski definition) is 2. The molecule has 10 nitrogen and oxygen atoms in total. The molecular formula is C40H44Cl2N6O4. The van der Waals surface area contributed by atoms with Gasteiger partial charge < -0.3 is 19.7 Å². The van der Waals surface area contributed by atoms with Crippen molar-refractivity contribution in [2.75, 3.05) is 40.4 Å². The highest BCUT2D eigenvalue weighted by Gasteiger charge is 2.27. The molecule has 2 saturated heterocycles. The van der Waals surface area contributed by atoms with Gasteiger partial charge in [-0.05, 0) is 61.4 Å². The van der Waals surface area contributed by atoms with E-state index < -0.39 is 0 Å². The first-order chi connectivity index (χ1) is 25.2. The summed E-state index contributed by atoms with van der Waals surface area (Å²) in [6.07, 6.45) is 5.97. The molecule has 2 N–H and O–H groups in total. The summed E-state index contributed by atoms with van der Waals surface area (Å²) < 4.78 is 11.6. The molecule has 4 aromatic rings. The van der Waals surface area contributed by atoms with Gasteiger partial charge in [0.15, 0.2) is 0 Å². The standard InChI is InChI=1S/C40H44Cl2N6O4/c1-24(49)48-17-12-25(13-18-48)22-47-16-14-26-19-28(20-34(51-2)32(26)23-47)39-38(42)30(11-15-43-39)29-5-4-6-31(37(29)41)33-8-7-27(40(45-33)52-3)21-44-35-9-10-36(50)46-35/h4-8,11,15,19-20,25,35,44H,9-10,12-14,16-18,21-23H2,1-3H3,(H,46,50)/t35-/m0/s1. The van der Waals surface area contributed by atoms with Gasteiger partial charge in [0.05, 0.1) is 41.8 Å². The number of amides is 2. The molecule has 5 heterocycles. The number of hydrogen-bond acceptors (Lipinski definition) is 8. The normalized spacial score (nSPS) is 17.9. The van der Waals surface area contributed by atoms with Crippen LogP contribution in [0.25, 0.3) is 33.6 Å². The van der Waals surface area contributed by atoms with E-state index in [1.54, 1.807) is 27.3 Å². The van der Waals surface area contributed by atoms with E-state index >= 15 is 0 Å². The Labute approximate surface area is 314 Å². The zero-order valence-corrected chi connectivity index (χ0v) is 31.3. The first-order valence-corrected chi connectivity index (χ1v) is 18.7. The number of aromatic nitrogens is 2. The van der Waals surface area contributed by atoms with Crippen molar-refractivity contribution in [1.82, 2.24) is 30.4 Å². The molecule has 2 fully saturated rings. The first-order valence-electron chi connectivity index (χ1n) is 17.9. The van der Waals surface area contributed by atoms with Gasteiger partial charge in [-0.3, -0.25) is 24.8 Å². The number of ether oxygens (including phenoxy) is 2.